The first-order valence-electron chi connectivity index (χ1n) is 12.6. The zero-order valence-corrected chi connectivity index (χ0v) is 22.4. The van der Waals surface area contributed by atoms with Crippen LogP contribution in [0.1, 0.15) is 0 Å². The molecule has 0 N–H and O–H groups in total. The second kappa shape index (κ2) is 9.98. The molecule has 1 saturated heterocycles. The number of ether oxygens (including phenoxy) is 3. The highest BCUT2D eigenvalue weighted by molar-refractivity contribution is 7.93. The van der Waals surface area contributed by atoms with Crippen LogP contribution in [0.3, 0.4) is 0 Å². The second-order valence-electron chi connectivity index (χ2n) is 9.61. The molecule has 0 radical (unpaired) electrons. The SMILES string of the molecule is COc1ccccc1[P+]1(c2ccccc2)CC[P+]2(c3ccccc3)CC(C1)OCOc1ccccc12. The van der Waals surface area contributed by atoms with Crippen LogP contribution in [-0.4, -0.2) is 44.7 Å². The number of hydrogen-bond donors (Lipinski definition) is 0. The largest absolute Gasteiger partial charge is 0.493 e. The molecule has 2 aliphatic heterocycles. The van der Waals surface area contributed by atoms with Gasteiger partial charge in [-0.05, 0) is 48.5 Å². The highest BCUT2D eigenvalue weighted by Gasteiger charge is 2.58. The number of benzene rings is 4. The molecule has 1 fully saturated rings. The highest BCUT2D eigenvalue weighted by Crippen LogP contribution is 2.69. The van der Waals surface area contributed by atoms with E-state index >= 15 is 0 Å². The monoisotopic (exact) mass is 514 g/mol. The van der Waals surface area contributed by atoms with Gasteiger partial charge in [0.15, 0.2) is 18.3 Å². The van der Waals surface area contributed by atoms with Gasteiger partial charge < -0.3 is 14.2 Å². The molecule has 0 saturated carbocycles. The minimum absolute atomic E-state index is 0.104. The van der Waals surface area contributed by atoms with Gasteiger partial charge in [-0.25, -0.2) is 0 Å². The van der Waals surface area contributed by atoms with Crippen molar-refractivity contribution < 1.29 is 14.2 Å². The lowest BCUT2D eigenvalue weighted by Crippen LogP contribution is -2.37. The predicted molar refractivity (Wildman–Crippen MR) is 155 cm³/mol. The molecule has 2 bridgehead atoms. The lowest BCUT2D eigenvalue weighted by molar-refractivity contribution is -0.0175. The molecular weight excluding hydrogens is 482 g/mol. The van der Waals surface area contributed by atoms with Gasteiger partial charge in [-0.1, -0.05) is 60.7 Å². The molecule has 3 nitrogen and oxygen atoms in total. The first-order chi connectivity index (χ1) is 17.7. The van der Waals surface area contributed by atoms with E-state index in [1.54, 1.807) is 7.11 Å². The minimum atomic E-state index is -1.85. The molecule has 4 aromatic rings. The van der Waals surface area contributed by atoms with Gasteiger partial charge in [0, 0.05) is 0 Å². The molecule has 182 valence electrons. The van der Waals surface area contributed by atoms with Crippen LogP contribution in [0.2, 0.25) is 0 Å². The minimum Gasteiger partial charge on any atom is -0.493 e. The Bertz CT molecular complexity index is 1330. The summed E-state index contributed by atoms with van der Waals surface area (Å²) >= 11 is 0. The molecular formula is C31H32O3P2+2. The van der Waals surface area contributed by atoms with Crippen molar-refractivity contribution in [1.29, 1.82) is 0 Å². The van der Waals surface area contributed by atoms with E-state index in [4.69, 9.17) is 14.2 Å². The third-order valence-corrected chi connectivity index (χ3v) is 17.3. The molecule has 0 spiro atoms. The topological polar surface area (TPSA) is 27.7 Å². The van der Waals surface area contributed by atoms with Gasteiger partial charge in [0.1, 0.15) is 29.0 Å². The van der Waals surface area contributed by atoms with Crippen LogP contribution >= 0.6 is 14.5 Å². The van der Waals surface area contributed by atoms with E-state index in [0.29, 0.717) is 0 Å². The van der Waals surface area contributed by atoms with Crippen molar-refractivity contribution in [2.75, 3.05) is 38.6 Å². The van der Waals surface area contributed by atoms with Crippen LogP contribution in [-0.2, 0) is 4.74 Å². The first kappa shape index (κ1) is 23.7. The Morgan fingerprint density at radius 2 is 1.17 bits per heavy atom. The summed E-state index contributed by atoms with van der Waals surface area (Å²) < 4.78 is 18.9. The summed E-state index contributed by atoms with van der Waals surface area (Å²) in [6.07, 6.45) is 4.39. The van der Waals surface area contributed by atoms with Crippen molar-refractivity contribution in [2.24, 2.45) is 0 Å². The van der Waals surface area contributed by atoms with E-state index in [0.717, 1.165) is 36.1 Å². The zero-order valence-electron chi connectivity index (χ0n) is 20.6. The van der Waals surface area contributed by atoms with Crippen molar-refractivity contribution >= 4 is 35.7 Å². The molecule has 5 heteroatoms. The summed E-state index contributed by atoms with van der Waals surface area (Å²) in [7, 11) is -1.86. The van der Waals surface area contributed by atoms with Gasteiger partial charge in [0.05, 0.1) is 44.6 Å². The lowest BCUT2D eigenvalue weighted by Gasteiger charge is -2.31. The third kappa shape index (κ3) is 4.04. The Balaban J connectivity index is 1.59. The molecule has 3 atom stereocenters. The summed E-state index contributed by atoms with van der Waals surface area (Å²) in [6, 6.07) is 39.7. The summed E-state index contributed by atoms with van der Waals surface area (Å²) in [5.41, 5.74) is 0. The molecule has 0 amide bonds. The van der Waals surface area contributed by atoms with E-state index in [1.807, 2.05) is 0 Å². The van der Waals surface area contributed by atoms with E-state index in [2.05, 4.69) is 109 Å². The molecule has 3 unspecified atom stereocenters. The average Bonchev–Trinajstić information content (AvgIpc) is 3.13. The maximum atomic E-state index is 6.60. The van der Waals surface area contributed by atoms with Crippen molar-refractivity contribution in [2.45, 2.75) is 6.10 Å². The van der Waals surface area contributed by atoms with Gasteiger partial charge in [-0.3, -0.25) is 0 Å². The van der Waals surface area contributed by atoms with Crippen molar-refractivity contribution in [3.63, 3.8) is 0 Å². The Labute approximate surface area is 215 Å². The standard InChI is InChI=1S/C31H32O3P2/c1-32-28-16-8-10-18-30(28)35(26-12-4-2-5-13-26)20-21-36(27-14-6-3-7-15-27)23-25(22-35)33-24-34-29-17-9-11-19-31(29)36/h2-19,25H,20-24H2,1H3/q+2. The fourth-order valence-corrected chi connectivity index (χ4v) is 17.0. The predicted octanol–water partition coefficient (Wildman–Crippen LogP) is 5.08. The fraction of sp³-hybridized carbons (Fsp3) is 0.226. The molecule has 6 rings (SSSR count). The van der Waals surface area contributed by atoms with Crippen molar-refractivity contribution in [3.8, 4) is 11.5 Å². The molecule has 2 aliphatic rings. The smallest absolute Gasteiger partial charge is 0.189 e. The van der Waals surface area contributed by atoms with Crippen molar-refractivity contribution in [1.82, 2.24) is 0 Å². The van der Waals surface area contributed by atoms with Crippen LogP contribution in [0, 0.1) is 0 Å². The van der Waals surface area contributed by atoms with Crippen LogP contribution < -0.4 is 30.7 Å². The van der Waals surface area contributed by atoms with Gasteiger partial charge >= 0.3 is 0 Å². The number of para-hydroxylation sites is 2. The number of fused-ring (bicyclic) bond motifs is 4. The summed E-state index contributed by atoms with van der Waals surface area (Å²) in [6.45, 7) is 0.289. The van der Waals surface area contributed by atoms with Crippen LogP contribution in [0.5, 0.6) is 11.5 Å². The summed E-state index contributed by atoms with van der Waals surface area (Å²) in [4.78, 5) is 0. The van der Waals surface area contributed by atoms with Gasteiger partial charge in [-0.2, -0.15) is 0 Å². The van der Waals surface area contributed by atoms with Crippen LogP contribution in [0.25, 0.3) is 0 Å². The second-order valence-corrected chi connectivity index (χ2v) is 17.1. The molecule has 0 aliphatic carbocycles. The van der Waals surface area contributed by atoms with E-state index in [9.17, 15) is 0 Å². The zero-order chi connectivity index (χ0) is 24.4. The Hall–Kier alpha value is -2.70. The average molecular weight is 515 g/mol. The van der Waals surface area contributed by atoms with Gasteiger partial charge in [-0.15, -0.1) is 0 Å². The van der Waals surface area contributed by atoms with E-state index in [1.165, 1.54) is 21.2 Å². The maximum Gasteiger partial charge on any atom is 0.189 e. The number of methoxy groups -OCH3 is 1. The molecule has 36 heavy (non-hydrogen) atoms. The Morgan fingerprint density at radius 1 is 0.639 bits per heavy atom. The van der Waals surface area contributed by atoms with E-state index < -0.39 is 14.5 Å². The first-order valence-corrected chi connectivity index (χ1v) is 16.9. The quantitative estimate of drug-likeness (QED) is 0.356. The number of hydrogen-bond acceptors (Lipinski definition) is 3. The van der Waals surface area contributed by atoms with Gasteiger partial charge in [0.2, 0.25) is 0 Å². The van der Waals surface area contributed by atoms with Crippen LogP contribution in [0.4, 0.5) is 0 Å². The third-order valence-electron chi connectivity index (χ3n) is 7.79. The molecule has 4 aromatic carbocycles. The summed E-state index contributed by atoms with van der Waals surface area (Å²) in [5.74, 6) is 1.97. The van der Waals surface area contributed by atoms with Gasteiger partial charge in [0.25, 0.3) is 0 Å². The normalized spacial score (nSPS) is 25.4. The van der Waals surface area contributed by atoms with Crippen LogP contribution in [0.15, 0.2) is 109 Å². The number of rotatable bonds is 4. The lowest BCUT2D eigenvalue weighted by atomic mass is 10.3. The highest BCUT2D eigenvalue weighted by atomic mass is 31.2. The molecule has 2 heterocycles. The Kier molecular flexibility index (Phi) is 6.57. The van der Waals surface area contributed by atoms with Crippen molar-refractivity contribution in [3.05, 3.63) is 109 Å². The maximum absolute atomic E-state index is 6.60. The fourth-order valence-electron chi connectivity index (χ4n) is 6.10. The molecule has 0 aromatic heterocycles. The summed E-state index contributed by atoms with van der Waals surface area (Å²) in [5, 5.41) is 5.63. The van der Waals surface area contributed by atoms with E-state index in [-0.39, 0.29) is 12.9 Å². The Morgan fingerprint density at radius 3 is 1.81 bits per heavy atom.